The Bertz CT molecular complexity index is 636. The number of halogens is 1. The summed E-state index contributed by atoms with van der Waals surface area (Å²) in [6.07, 6.45) is 5.11. The normalized spacial score (nSPS) is 15.2. The van der Waals surface area contributed by atoms with Gasteiger partial charge in [-0.3, -0.25) is 4.79 Å². The van der Waals surface area contributed by atoms with Crippen LogP contribution < -0.4 is 0 Å². The van der Waals surface area contributed by atoms with Crippen LogP contribution in [0.25, 0.3) is 11.1 Å². The minimum atomic E-state index is -0.255. The fraction of sp³-hybridized carbons (Fsp3) is 0.353. The molecule has 1 aliphatic rings. The summed E-state index contributed by atoms with van der Waals surface area (Å²) in [4.78, 5) is 17.3. The molecule has 1 N–H and O–H groups in total. The number of likely N-dealkylation sites (tertiary alicyclic amines) is 1. The summed E-state index contributed by atoms with van der Waals surface area (Å²) >= 11 is 0. The first-order valence-corrected chi connectivity index (χ1v) is 7.39. The van der Waals surface area contributed by atoms with Gasteiger partial charge in [-0.05, 0) is 55.5 Å². The fourth-order valence-electron chi connectivity index (χ4n) is 2.85. The molecule has 0 bridgehead atoms. The van der Waals surface area contributed by atoms with E-state index in [-0.39, 0.29) is 11.7 Å². The lowest BCUT2D eigenvalue weighted by Gasteiger charge is -2.26. The van der Waals surface area contributed by atoms with Gasteiger partial charge in [-0.1, -0.05) is 6.07 Å². The van der Waals surface area contributed by atoms with E-state index >= 15 is 0 Å². The summed E-state index contributed by atoms with van der Waals surface area (Å²) in [7, 11) is 0. The smallest absolute Gasteiger partial charge is 0.270 e. The number of nitrogens with zero attached hydrogens (tertiary/aromatic N) is 1. The highest BCUT2D eigenvalue weighted by molar-refractivity contribution is 5.94. The molecular formula is C17H19FN2O. The average Bonchev–Trinajstić information content (AvgIpc) is 2.96. The summed E-state index contributed by atoms with van der Waals surface area (Å²) in [5, 5.41) is 0. The Balaban J connectivity index is 1.84. The number of amides is 1. The number of aryl methyl sites for hydroxylation is 1. The van der Waals surface area contributed by atoms with E-state index in [1.807, 2.05) is 24.0 Å². The van der Waals surface area contributed by atoms with E-state index in [1.165, 1.54) is 18.6 Å². The first-order valence-electron chi connectivity index (χ1n) is 7.39. The van der Waals surface area contributed by atoms with Gasteiger partial charge in [-0.2, -0.15) is 0 Å². The van der Waals surface area contributed by atoms with Gasteiger partial charge in [0.1, 0.15) is 11.5 Å². The van der Waals surface area contributed by atoms with Crippen LogP contribution in [-0.2, 0) is 0 Å². The minimum absolute atomic E-state index is 0.0362. The number of aromatic amines is 1. The van der Waals surface area contributed by atoms with Crippen molar-refractivity contribution in [2.45, 2.75) is 26.2 Å². The number of nitrogens with one attached hydrogen (secondary N) is 1. The number of hydrogen-bond donors (Lipinski definition) is 1. The van der Waals surface area contributed by atoms with Crippen LogP contribution in [-0.4, -0.2) is 28.9 Å². The zero-order chi connectivity index (χ0) is 14.8. The Labute approximate surface area is 123 Å². The molecule has 0 atom stereocenters. The van der Waals surface area contributed by atoms with Gasteiger partial charge >= 0.3 is 0 Å². The Hall–Kier alpha value is -2.10. The molecule has 0 unspecified atom stereocenters. The zero-order valence-electron chi connectivity index (χ0n) is 12.2. The van der Waals surface area contributed by atoms with Crippen molar-refractivity contribution in [2.75, 3.05) is 13.1 Å². The summed E-state index contributed by atoms with van der Waals surface area (Å²) in [6, 6.07) is 6.72. The van der Waals surface area contributed by atoms with Gasteiger partial charge in [0.25, 0.3) is 5.91 Å². The first-order chi connectivity index (χ1) is 10.1. The number of H-pyrrole nitrogens is 1. The molecule has 2 heterocycles. The topological polar surface area (TPSA) is 36.1 Å². The summed E-state index contributed by atoms with van der Waals surface area (Å²) in [6.45, 7) is 3.51. The average molecular weight is 286 g/mol. The molecule has 1 aliphatic heterocycles. The second-order valence-corrected chi connectivity index (χ2v) is 5.67. The lowest BCUT2D eigenvalue weighted by Crippen LogP contribution is -2.35. The van der Waals surface area contributed by atoms with Crippen LogP contribution in [0.4, 0.5) is 4.39 Å². The summed E-state index contributed by atoms with van der Waals surface area (Å²) in [5.41, 5.74) is 3.09. The highest BCUT2D eigenvalue weighted by Crippen LogP contribution is 2.23. The molecule has 1 fully saturated rings. The second kappa shape index (κ2) is 5.72. The molecule has 21 heavy (non-hydrogen) atoms. The van der Waals surface area contributed by atoms with Crippen LogP contribution in [0.3, 0.4) is 0 Å². The highest BCUT2D eigenvalue weighted by atomic mass is 19.1. The minimum Gasteiger partial charge on any atom is -0.357 e. The van der Waals surface area contributed by atoms with Crippen molar-refractivity contribution in [3.63, 3.8) is 0 Å². The molecule has 1 aromatic heterocycles. The van der Waals surface area contributed by atoms with Crippen molar-refractivity contribution < 1.29 is 9.18 Å². The van der Waals surface area contributed by atoms with Crippen LogP contribution in [0.5, 0.6) is 0 Å². The Morgan fingerprint density at radius 1 is 1.10 bits per heavy atom. The molecular weight excluding hydrogens is 267 g/mol. The van der Waals surface area contributed by atoms with Gasteiger partial charge in [-0.25, -0.2) is 4.39 Å². The Morgan fingerprint density at radius 2 is 1.86 bits per heavy atom. The van der Waals surface area contributed by atoms with Crippen LogP contribution >= 0.6 is 0 Å². The molecule has 1 amide bonds. The standard InChI is InChI=1S/C17H19FN2O/c1-12-7-13(9-15(18)8-12)14-10-16(19-11-14)17(21)20-5-3-2-4-6-20/h7-11,19H,2-6H2,1H3. The highest BCUT2D eigenvalue weighted by Gasteiger charge is 2.19. The number of aromatic nitrogens is 1. The van der Waals surface area contributed by atoms with Gasteiger partial charge in [-0.15, -0.1) is 0 Å². The van der Waals surface area contributed by atoms with E-state index in [4.69, 9.17) is 0 Å². The van der Waals surface area contributed by atoms with Crippen molar-refractivity contribution >= 4 is 5.91 Å². The molecule has 0 aliphatic carbocycles. The van der Waals surface area contributed by atoms with E-state index in [0.717, 1.165) is 42.6 Å². The van der Waals surface area contributed by atoms with Gasteiger partial charge in [0.15, 0.2) is 0 Å². The van der Waals surface area contributed by atoms with Crippen molar-refractivity contribution in [3.05, 3.63) is 47.5 Å². The van der Waals surface area contributed by atoms with Crippen molar-refractivity contribution in [3.8, 4) is 11.1 Å². The largest absolute Gasteiger partial charge is 0.357 e. The third-order valence-corrected chi connectivity index (χ3v) is 3.93. The van der Waals surface area contributed by atoms with E-state index in [2.05, 4.69) is 4.98 Å². The van der Waals surface area contributed by atoms with Crippen LogP contribution in [0.1, 0.15) is 35.3 Å². The first kappa shape index (κ1) is 13.9. The van der Waals surface area contributed by atoms with Crippen LogP contribution in [0.2, 0.25) is 0 Å². The maximum absolute atomic E-state index is 13.5. The van der Waals surface area contributed by atoms with E-state index in [1.54, 1.807) is 6.20 Å². The van der Waals surface area contributed by atoms with Gasteiger partial charge in [0.05, 0.1) is 0 Å². The quantitative estimate of drug-likeness (QED) is 0.896. The molecule has 3 rings (SSSR count). The molecule has 1 aromatic carbocycles. The lowest BCUT2D eigenvalue weighted by atomic mass is 10.1. The van der Waals surface area contributed by atoms with Crippen molar-refractivity contribution in [1.82, 2.24) is 9.88 Å². The maximum Gasteiger partial charge on any atom is 0.270 e. The van der Waals surface area contributed by atoms with E-state index in [0.29, 0.717) is 5.69 Å². The molecule has 0 radical (unpaired) electrons. The summed E-state index contributed by atoms with van der Waals surface area (Å²) < 4.78 is 13.5. The molecule has 2 aromatic rings. The number of hydrogen-bond acceptors (Lipinski definition) is 1. The molecule has 110 valence electrons. The number of piperidine rings is 1. The fourth-order valence-corrected chi connectivity index (χ4v) is 2.85. The third kappa shape index (κ3) is 2.99. The molecule has 0 saturated carbocycles. The molecule has 3 nitrogen and oxygen atoms in total. The Morgan fingerprint density at radius 3 is 2.57 bits per heavy atom. The lowest BCUT2D eigenvalue weighted by molar-refractivity contribution is 0.0719. The second-order valence-electron chi connectivity index (χ2n) is 5.67. The third-order valence-electron chi connectivity index (χ3n) is 3.93. The predicted molar refractivity (Wildman–Crippen MR) is 80.7 cm³/mol. The van der Waals surface area contributed by atoms with Gasteiger partial charge < -0.3 is 9.88 Å². The van der Waals surface area contributed by atoms with Crippen LogP contribution in [0.15, 0.2) is 30.5 Å². The van der Waals surface area contributed by atoms with Crippen molar-refractivity contribution in [1.29, 1.82) is 0 Å². The van der Waals surface area contributed by atoms with Crippen molar-refractivity contribution in [2.24, 2.45) is 0 Å². The molecule has 4 heteroatoms. The number of benzene rings is 1. The van der Waals surface area contributed by atoms with Crippen LogP contribution in [0, 0.1) is 12.7 Å². The number of carbonyl (C=O) groups is 1. The zero-order valence-corrected chi connectivity index (χ0v) is 12.2. The number of rotatable bonds is 2. The molecule has 1 saturated heterocycles. The number of carbonyl (C=O) groups excluding carboxylic acids is 1. The molecule has 0 spiro atoms. The Kier molecular flexibility index (Phi) is 3.78. The van der Waals surface area contributed by atoms with E-state index in [9.17, 15) is 9.18 Å². The summed E-state index contributed by atoms with van der Waals surface area (Å²) in [5.74, 6) is -0.218. The van der Waals surface area contributed by atoms with E-state index < -0.39 is 0 Å². The van der Waals surface area contributed by atoms with Gasteiger partial charge in [0.2, 0.25) is 0 Å². The monoisotopic (exact) mass is 286 g/mol. The predicted octanol–water partition coefficient (Wildman–Crippen LogP) is 3.76. The maximum atomic E-state index is 13.5. The SMILES string of the molecule is Cc1cc(F)cc(-c2c[nH]c(C(=O)N3CCCCC3)c2)c1. The van der Waals surface area contributed by atoms with Gasteiger partial charge in [0, 0.05) is 24.8 Å².